The van der Waals surface area contributed by atoms with E-state index in [0.29, 0.717) is 45.0 Å². The van der Waals surface area contributed by atoms with E-state index in [-0.39, 0.29) is 27.3 Å². The van der Waals surface area contributed by atoms with E-state index in [1.807, 2.05) is 0 Å². The van der Waals surface area contributed by atoms with Crippen molar-refractivity contribution in [2.45, 2.75) is 11.8 Å². The molecule has 2 aliphatic heterocycles. The van der Waals surface area contributed by atoms with Crippen LogP contribution in [0.5, 0.6) is 0 Å². The first-order valence-corrected chi connectivity index (χ1v) is 13.0. The molecule has 0 aliphatic carbocycles. The van der Waals surface area contributed by atoms with Crippen LogP contribution in [0, 0.1) is 6.92 Å². The SMILES string of the molecule is Cc1cc(C(=O)N2CCN(C(=O)c3sccc3S(=O)(=O)N3CCSCC3)CC2)on1. The number of nitrogens with zero attached hydrogens (tertiary/aromatic N) is 4. The molecule has 0 N–H and O–H groups in total. The standard InChI is InChI=1S/C18H22N4O5S3/c1-13-12-14(27-19-13)17(23)20-3-5-21(6-4-20)18(24)16-15(2-9-29-16)30(25,26)22-7-10-28-11-8-22/h2,9,12H,3-8,10-11H2,1H3. The summed E-state index contributed by atoms with van der Waals surface area (Å²) in [7, 11) is -3.69. The normalized spacial score (nSPS) is 18.6. The number of carbonyl (C=O) groups excluding carboxylic acids is 2. The van der Waals surface area contributed by atoms with Crippen molar-refractivity contribution in [3.63, 3.8) is 0 Å². The van der Waals surface area contributed by atoms with Gasteiger partial charge >= 0.3 is 0 Å². The molecular formula is C18H22N4O5S3. The average Bonchev–Trinajstić information content (AvgIpc) is 3.43. The predicted molar refractivity (Wildman–Crippen MR) is 113 cm³/mol. The van der Waals surface area contributed by atoms with Crippen molar-refractivity contribution in [1.29, 1.82) is 0 Å². The third-order valence-corrected chi connectivity index (χ3v) is 9.02. The van der Waals surface area contributed by atoms with Crippen LogP contribution in [0.15, 0.2) is 26.9 Å². The molecule has 0 saturated carbocycles. The number of sulfonamides is 1. The van der Waals surface area contributed by atoms with Crippen LogP contribution in [0.2, 0.25) is 0 Å². The summed E-state index contributed by atoms with van der Waals surface area (Å²) in [5.41, 5.74) is 0.630. The van der Waals surface area contributed by atoms with E-state index >= 15 is 0 Å². The molecule has 0 bridgehead atoms. The summed E-state index contributed by atoms with van der Waals surface area (Å²) < 4.78 is 32.6. The summed E-state index contributed by atoms with van der Waals surface area (Å²) in [5, 5.41) is 5.38. The Labute approximate surface area is 183 Å². The number of hydrogen-bond donors (Lipinski definition) is 0. The number of aromatic nitrogens is 1. The lowest BCUT2D eigenvalue weighted by Crippen LogP contribution is -2.50. The Morgan fingerprint density at radius 2 is 1.67 bits per heavy atom. The molecule has 4 rings (SSSR count). The number of thioether (sulfide) groups is 1. The van der Waals surface area contributed by atoms with Gasteiger partial charge in [0.05, 0.1) is 5.69 Å². The van der Waals surface area contributed by atoms with Crippen molar-refractivity contribution >= 4 is 44.9 Å². The Morgan fingerprint density at radius 3 is 2.27 bits per heavy atom. The molecule has 0 unspecified atom stereocenters. The second-order valence-corrected chi connectivity index (χ2v) is 11.1. The minimum Gasteiger partial charge on any atom is -0.351 e. The van der Waals surface area contributed by atoms with Crippen molar-refractivity contribution < 1.29 is 22.5 Å². The fourth-order valence-electron chi connectivity index (χ4n) is 3.46. The highest BCUT2D eigenvalue weighted by Crippen LogP contribution is 2.28. The number of amides is 2. The molecule has 2 aromatic rings. The summed E-state index contributed by atoms with van der Waals surface area (Å²) in [6, 6.07) is 3.10. The summed E-state index contributed by atoms with van der Waals surface area (Å²) in [6.07, 6.45) is 0. The number of carbonyl (C=O) groups is 2. The van der Waals surface area contributed by atoms with Crippen molar-refractivity contribution in [3.8, 4) is 0 Å². The Kier molecular flexibility index (Phi) is 6.19. The van der Waals surface area contributed by atoms with Gasteiger partial charge in [-0.1, -0.05) is 5.16 Å². The maximum absolute atomic E-state index is 13.1. The minimum atomic E-state index is -3.69. The summed E-state index contributed by atoms with van der Waals surface area (Å²) >= 11 is 2.87. The van der Waals surface area contributed by atoms with Crippen LogP contribution in [0.4, 0.5) is 0 Å². The predicted octanol–water partition coefficient (Wildman–Crippen LogP) is 1.38. The molecule has 0 radical (unpaired) electrons. The quantitative estimate of drug-likeness (QED) is 0.665. The second kappa shape index (κ2) is 8.69. The van der Waals surface area contributed by atoms with Gasteiger partial charge < -0.3 is 14.3 Å². The maximum atomic E-state index is 13.1. The zero-order valence-electron chi connectivity index (χ0n) is 16.4. The zero-order valence-corrected chi connectivity index (χ0v) is 18.9. The number of thiophene rings is 1. The number of hydrogen-bond acceptors (Lipinski definition) is 8. The van der Waals surface area contributed by atoms with E-state index in [9.17, 15) is 18.0 Å². The van der Waals surface area contributed by atoms with Gasteiger partial charge in [-0.2, -0.15) is 16.1 Å². The smallest absolute Gasteiger partial charge is 0.292 e. The lowest BCUT2D eigenvalue weighted by Gasteiger charge is -2.34. The molecule has 2 amide bonds. The average molecular weight is 471 g/mol. The molecule has 0 spiro atoms. The van der Waals surface area contributed by atoms with Gasteiger partial charge in [-0.3, -0.25) is 9.59 Å². The van der Waals surface area contributed by atoms with Gasteiger partial charge in [-0.15, -0.1) is 11.3 Å². The lowest BCUT2D eigenvalue weighted by atomic mass is 10.2. The molecule has 12 heteroatoms. The first kappa shape index (κ1) is 21.3. The molecule has 4 heterocycles. The number of aryl methyl sites for hydroxylation is 1. The van der Waals surface area contributed by atoms with Gasteiger partial charge in [0.1, 0.15) is 9.77 Å². The molecule has 0 aromatic carbocycles. The summed E-state index contributed by atoms with van der Waals surface area (Å²) in [6.45, 7) is 4.01. The highest BCUT2D eigenvalue weighted by atomic mass is 32.2. The van der Waals surface area contributed by atoms with Gasteiger partial charge in [-0.05, 0) is 18.4 Å². The van der Waals surface area contributed by atoms with Gasteiger partial charge in [0, 0.05) is 56.8 Å². The highest BCUT2D eigenvalue weighted by Gasteiger charge is 2.34. The molecule has 9 nitrogen and oxygen atoms in total. The van der Waals surface area contributed by atoms with Crippen LogP contribution >= 0.6 is 23.1 Å². The lowest BCUT2D eigenvalue weighted by molar-refractivity contribution is 0.0513. The highest BCUT2D eigenvalue weighted by molar-refractivity contribution is 7.99. The van der Waals surface area contributed by atoms with Gasteiger partial charge in [0.25, 0.3) is 11.8 Å². The Balaban J connectivity index is 1.44. The minimum absolute atomic E-state index is 0.0834. The molecular weight excluding hydrogens is 448 g/mol. The van der Waals surface area contributed by atoms with Crippen LogP contribution in [-0.4, -0.2) is 90.3 Å². The molecule has 30 heavy (non-hydrogen) atoms. The first-order valence-electron chi connectivity index (χ1n) is 9.55. The van der Waals surface area contributed by atoms with Gasteiger partial charge in [-0.25, -0.2) is 8.42 Å². The number of rotatable bonds is 4. The molecule has 2 aliphatic rings. The fourth-order valence-corrected chi connectivity index (χ4v) is 7.40. The van der Waals surface area contributed by atoms with Crippen LogP contribution in [0.25, 0.3) is 0 Å². The van der Waals surface area contributed by atoms with E-state index in [4.69, 9.17) is 4.52 Å². The topological polar surface area (TPSA) is 104 Å². The third-order valence-electron chi connectivity index (χ3n) is 5.10. The van der Waals surface area contributed by atoms with Crippen LogP contribution in [0.1, 0.15) is 25.9 Å². The van der Waals surface area contributed by atoms with Gasteiger partial charge in [0.2, 0.25) is 15.8 Å². The maximum Gasteiger partial charge on any atom is 0.292 e. The van der Waals surface area contributed by atoms with Crippen molar-refractivity contribution in [2.24, 2.45) is 0 Å². The fraction of sp³-hybridized carbons (Fsp3) is 0.500. The van der Waals surface area contributed by atoms with E-state index in [1.165, 1.54) is 10.4 Å². The molecule has 162 valence electrons. The summed E-state index contributed by atoms with van der Waals surface area (Å²) in [4.78, 5) is 29.1. The Hall–Kier alpha value is -1.89. The molecule has 2 aromatic heterocycles. The molecule has 2 fully saturated rings. The Bertz CT molecular complexity index is 1030. The monoisotopic (exact) mass is 470 g/mol. The number of piperazine rings is 1. The van der Waals surface area contributed by atoms with E-state index < -0.39 is 10.0 Å². The van der Waals surface area contributed by atoms with Crippen molar-refractivity contribution in [1.82, 2.24) is 19.3 Å². The van der Waals surface area contributed by atoms with E-state index in [2.05, 4.69) is 5.16 Å². The van der Waals surface area contributed by atoms with Crippen LogP contribution in [-0.2, 0) is 10.0 Å². The molecule has 0 atom stereocenters. The van der Waals surface area contributed by atoms with Crippen molar-refractivity contribution in [3.05, 3.63) is 33.8 Å². The third kappa shape index (κ3) is 4.13. The summed E-state index contributed by atoms with van der Waals surface area (Å²) in [5.74, 6) is 1.13. The first-order chi connectivity index (χ1) is 14.4. The Morgan fingerprint density at radius 1 is 1.03 bits per heavy atom. The van der Waals surface area contributed by atoms with Crippen molar-refractivity contribution in [2.75, 3.05) is 50.8 Å². The second-order valence-electron chi connectivity index (χ2n) is 7.05. The zero-order chi connectivity index (χ0) is 21.3. The van der Waals surface area contributed by atoms with Crippen LogP contribution < -0.4 is 0 Å². The largest absolute Gasteiger partial charge is 0.351 e. The van der Waals surface area contributed by atoms with E-state index in [0.717, 1.165) is 22.8 Å². The van der Waals surface area contributed by atoms with Crippen LogP contribution in [0.3, 0.4) is 0 Å². The van der Waals surface area contributed by atoms with E-state index in [1.54, 1.807) is 39.9 Å². The van der Waals surface area contributed by atoms with Gasteiger partial charge in [0.15, 0.2) is 0 Å². The molecule has 2 saturated heterocycles.